The molecule has 148 valence electrons. The molecule has 0 bridgehead atoms. The first kappa shape index (κ1) is 20.6. The van der Waals surface area contributed by atoms with Crippen LogP contribution in [0.2, 0.25) is 5.04 Å². The summed E-state index contributed by atoms with van der Waals surface area (Å²) in [5, 5.41) is 2.35. The average molecular weight is 395 g/mol. The quantitative estimate of drug-likeness (QED) is 0.421. The number of ether oxygens (including phenoxy) is 1. The number of cyclic esters (lactones) is 1. The number of benzene rings is 2. The minimum absolute atomic E-state index is 0.0192. The predicted molar refractivity (Wildman–Crippen MR) is 116 cm³/mol. The minimum atomic E-state index is -2.62. The summed E-state index contributed by atoms with van der Waals surface area (Å²) in [6.07, 6.45) is 0.121. The van der Waals surface area contributed by atoms with Crippen molar-refractivity contribution in [2.24, 2.45) is 5.92 Å². The Kier molecular flexibility index (Phi) is 5.92. The van der Waals surface area contributed by atoms with E-state index in [0.717, 1.165) is 5.57 Å². The van der Waals surface area contributed by atoms with Gasteiger partial charge in [0.05, 0.1) is 13.0 Å². The van der Waals surface area contributed by atoms with Crippen LogP contribution in [0.1, 0.15) is 34.1 Å². The molecule has 4 heteroatoms. The topological polar surface area (TPSA) is 35.5 Å². The van der Waals surface area contributed by atoms with Gasteiger partial charge in [0.2, 0.25) is 0 Å². The van der Waals surface area contributed by atoms with Crippen molar-refractivity contribution in [1.29, 1.82) is 0 Å². The first-order valence-electron chi connectivity index (χ1n) is 9.85. The fraction of sp³-hybridized carbons (Fsp3) is 0.375. The molecule has 0 saturated carbocycles. The van der Waals surface area contributed by atoms with Crippen molar-refractivity contribution >= 4 is 24.7 Å². The van der Waals surface area contributed by atoms with E-state index in [1.165, 1.54) is 10.4 Å². The molecule has 1 saturated heterocycles. The van der Waals surface area contributed by atoms with Gasteiger partial charge in [0.1, 0.15) is 6.10 Å². The summed E-state index contributed by atoms with van der Waals surface area (Å²) in [4.78, 5) is 11.9. The Bertz CT molecular complexity index is 784. The highest BCUT2D eigenvalue weighted by atomic mass is 28.4. The van der Waals surface area contributed by atoms with E-state index in [4.69, 9.17) is 9.16 Å². The zero-order valence-electron chi connectivity index (χ0n) is 17.3. The molecule has 1 fully saturated rings. The van der Waals surface area contributed by atoms with E-state index >= 15 is 0 Å². The standard InChI is InChI=1S/C24H30O3Si/c1-18(2)21-16-23(25)27-22(21)17-26-28(24(3,4)5,19-12-8-6-9-13-19)20-14-10-7-11-15-20/h6-15,21-22H,1,16-17H2,2-5H3/t21-,22-/m1/s1. The summed E-state index contributed by atoms with van der Waals surface area (Å²) >= 11 is 0. The third-order valence-electron chi connectivity index (χ3n) is 5.63. The van der Waals surface area contributed by atoms with Crippen molar-refractivity contribution in [1.82, 2.24) is 0 Å². The van der Waals surface area contributed by atoms with Crippen LogP contribution in [0.3, 0.4) is 0 Å². The lowest BCUT2D eigenvalue weighted by atomic mass is 9.95. The summed E-state index contributed by atoms with van der Waals surface area (Å²) in [5.41, 5.74) is 0.974. The molecule has 0 aromatic heterocycles. The van der Waals surface area contributed by atoms with Crippen molar-refractivity contribution in [3.05, 3.63) is 72.8 Å². The molecule has 0 radical (unpaired) electrons. The molecule has 1 heterocycles. The molecule has 3 rings (SSSR count). The average Bonchev–Trinajstić information content (AvgIpc) is 3.04. The maximum atomic E-state index is 11.9. The molecule has 0 spiro atoms. The van der Waals surface area contributed by atoms with Crippen molar-refractivity contribution in [3.63, 3.8) is 0 Å². The highest BCUT2D eigenvalue weighted by Gasteiger charge is 2.51. The number of carbonyl (C=O) groups excluding carboxylic acids is 1. The van der Waals surface area contributed by atoms with Crippen LogP contribution in [-0.4, -0.2) is 27.0 Å². The molecule has 1 aliphatic heterocycles. The van der Waals surface area contributed by atoms with Crippen LogP contribution in [0.5, 0.6) is 0 Å². The number of carbonyl (C=O) groups is 1. The molecular weight excluding hydrogens is 364 g/mol. The van der Waals surface area contributed by atoms with Crippen LogP contribution in [-0.2, 0) is 14.0 Å². The fourth-order valence-electron chi connectivity index (χ4n) is 4.22. The maximum absolute atomic E-state index is 11.9. The summed E-state index contributed by atoms with van der Waals surface area (Å²) < 4.78 is 12.5. The van der Waals surface area contributed by atoms with E-state index in [-0.39, 0.29) is 23.0 Å². The zero-order chi connectivity index (χ0) is 20.4. The molecular formula is C24H30O3Si. The Hall–Kier alpha value is -2.17. The summed E-state index contributed by atoms with van der Waals surface area (Å²) in [7, 11) is -2.62. The van der Waals surface area contributed by atoms with Crippen LogP contribution >= 0.6 is 0 Å². The van der Waals surface area contributed by atoms with Crippen LogP contribution in [0.15, 0.2) is 72.8 Å². The molecule has 2 aromatic carbocycles. The van der Waals surface area contributed by atoms with Gasteiger partial charge in [-0.15, -0.1) is 0 Å². The minimum Gasteiger partial charge on any atom is -0.459 e. The summed E-state index contributed by atoms with van der Waals surface area (Å²) in [5.74, 6) is -0.144. The number of hydrogen-bond acceptors (Lipinski definition) is 3. The fourth-order valence-corrected chi connectivity index (χ4v) is 8.79. The Labute approximate surface area is 169 Å². The van der Waals surface area contributed by atoms with E-state index < -0.39 is 8.32 Å². The van der Waals surface area contributed by atoms with Gasteiger partial charge in [0.25, 0.3) is 8.32 Å². The first-order chi connectivity index (χ1) is 13.3. The van der Waals surface area contributed by atoms with Crippen LogP contribution in [0.4, 0.5) is 0 Å². The Balaban J connectivity index is 2.04. The molecule has 0 unspecified atom stereocenters. The Morgan fingerprint density at radius 2 is 1.57 bits per heavy atom. The Morgan fingerprint density at radius 1 is 1.07 bits per heavy atom. The van der Waals surface area contributed by atoms with Gasteiger partial charge in [-0.1, -0.05) is 93.6 Å². The van der Waals surface area contributed by atoms with Crippen LogP contribution in [0.25, 0.3) is 0 Å². The van der Waals surface area contributed by atoms with E-state index in [2.05, 4.69) is 75.9 Å². The van der Waals surface area contributed by atoms with Crippen molar-refractivity contribution in [3.8, 4) is 0 Å². The second kappa shape index (κ2) is 8.06. The maximum Gasteiger partial charge on any atom is 0.306 e. The van der Waals surface area contributed by atoms with Gasteiger partial charge in [-0.05, 0) is 22.3 Å². The first-order valence-corrected chi connectivity index (χ1v) is 11.8. The van der Waals surface area contributed by atoms with Gasteiger partial charge >= 0.3 is 5.97 Å². The molecule has 2 aromatic rings. The van der Waals surface area contributed by atoms with Crippen LogP contribution < -0.4 is 10.4 Å². The van der Waals surface area contributed by atoms with E-state index in [1.807, 2.05) is 19.1 Å². The van der Waals surface area contributed by atoms with Crippen molar-refractivity contribution < 1.29 is 14.0 Å². The molecule has 0 aliphatic carbocycles. The van der Waals surface area contributed by atoms with Crippen molar-refractivity contribution in [2.75, 3.05) is 6.61 Å². The number of esters is 1. The Morgan fingerprint density at radius 3 is 2.00 bits per heavy atom. The molecule has 1 aliphatic rings. The third-order valence-corrected chi connectivity index (χ3v) is 10.6. The summed E-state index contributed by atoms with van der Waals surface area (Å²) in [6, 6.07) is 21.0. The lowest BCUT2D eigenvalue weighted by molar-refractivity contribution is -0.142. The third kappa shape index (κ3) is 3.84. The predicted octanol–water partition coefficient (Wildman–Crippen LogP) is 4.07. The van der Waals surface area contributed by atoms with E-state index in [1.54, 1.807) is 0 Å². The van der Waals surface area contributed by atoms with Gasteiger partial charge in [-0.25, -0.2) is 0 Å². The van der Waals surface area contributed by atoms with Gasteiger partial charge in [-0.3, -0.25) is 4.79 Å². The molecule has 0 amide bonds. The monoisotopic (exact) mass is 394 g/mol. The van der Waals surface area contributed by atoms with Crippen LogP contribution in [0, 0.1) is 5.92 Å². The smallest absolute Gasteiger partial charge is 0.306 e. The van der Waals surface area contributed by atoms with E-state index in [9.17, 15) is 4.79 Å². The normalized spacial score (nSPS) is 20.1. The van der Waals surface area contributed by atoms with E-state index in [0.29, 0.717) is 13.0 Å². The van der Waals surface area contributed by atoms with Gasteiger partial charge in [0, 0.05) is 5.92 Å². The largest absolute Gasteiger partial charge is 0.459 e. The second-order valence-electron chi connectivity index (χ2n) is 8.66. The SMILES string of the molecule is C=C(C)[C@H]1CC(=O)O[C@@H]1CO[Si](c1ccccc1)(c1ccccc1)C(C)(C)C. The van der Waals surface area contributed by atoms with Gasteiger partial charge in [-0.2, -0.15) is 0 Å². The lowest BCUT2D eigenvalue weighted by Crippen LogP contribution is -2.67. The zero-order valence-corrected chi connectivity index (χ0v) is 18.3. The van der Waals surface area contributed by atoms with Gasteiger partial charge < -0.3 is 9.16 Å². The number of rotatable bonds is 6. The summed E-state index contributed by atoms with van der Waals surface area (Å²) in [6.45, 7) is 13.1. The molecule has 0 N–H and O–H groups in total. The number of hydrogen-bond donors (Lipinski definition) is 0. The molecule has 28 heavy (non-hydrogen) atoms. The highest BCUT2D eigenvalue weighted by Crippen LogP contribution is 2.38. The second-order valence-corrected chi connectivity index (χ2v) is 13.0. The molecule has 2 atom stereocenters. The lowest BCUT2D eigenvalue weighted by Gasteiger charge is -2.43. The molecule has 3 nitrogen and oxygen atoms in total. The van der Waals surface area contributed by atoms with Gasteiger partial charge in [0.15, 0.2) is 0 Å². The van der Waals surface area contributed by atoms with Crippen molar-refractivity contribution in [2.45, 2.75) is 45.3 Å². The highest BCUT2D eigenvalue weighted by molar-refractivity contribution is 6.99.